The molecule has 0 aliphatic heterocycles. The molecule has 5 nitrogen and oxygen atoms in total. The number of carbonyl (C=O) groups excluding carboxylic acids is 1. The Kier molecular flexibility index (Phi) is 5.22. The van der Waals surface area contributed by atoms with Crippen molar-refractivity contribution in [2.45, 2.75) is 26.2 Å². The van der Waals surface area contributed by atoms with Crippen LogP contribution in [0.1, 0.15) is 31.9 Å². The molecule has 1 aromatic heterocycles. The van der Waals surface area contributed by atoms with E-state index in [1.807, 2.05) is 6.07 Å². The predicted molar refractivity (Wildman–Crippen MR) is 82.9 cm³/mol. The zero-order valence-corrected chi connectivity index (χ0v) is 12.8. The number of aromatic amines is 1. The monoisotopic (exact) mass is 307 g/mol. The van der Waals surface area contributed by atoms with Crippen LogP contribution in [-0.4, -0.2) is 22.7 Å². The van der Waals surface area contributed by atoms with E-state index in [1.165, 1.54) is 0 Å². The second-order valence-corrected chi connectivity index (χ2v) is 5.40. The minimum absolute atomic E-state index is 0.140. The number of halogens is 1. The molecule has 1 amide bonds. The van der Waals surface area contributed by atoms with Crippen molar-refractivity contribution in [1.29, 1.82) is 0 Å². The number of nitrogens with zero attached hydrogens (tertiary/aromatic N) is 1. The number of carbonyl (C=O) groups is 1. The van der Waals surface area contributed by atoms with Crippen molar-refractivity contribution in [3.05, 3.63) is 41.0 Å². The summed E-state index contributed by atoms with van der Waals surface area (Å²) in [5.41, 5.74) is 0.987. The minimum atomic E-state index is -0.140. The molecule has 0 atom stereocenters. The van der Waals surface area contributed by atoms with Crippen LogP contribution < -0.4 is 10.1 Å². The minimum Gasteiger partial charge on any atom is -0.493 e. The highest BCUT2D eigenvalue weighted by molar-refractivity contribution is 6.30. The summed E-state index contributed by atoms with van der Waals surface area (Å²) in [6.45, 7) is 4.39. The number of benzene rings is 1. The van der Waals surface area contributed by atoms with E-state index in [2.05, 4.69) is 29.4 Å². The maximum atomic E-state index is 11.8. The highest BCUT2D eigenvalue weighted by Crippen LogP contribution is 2.17. The van der Waals surface area contributed by atoms with E-state index < -0.39 is 0 Å². The Morgan fingerprint density at radius 2 is 2.24 bits per heavy atom. The molecule has 0 bridgehead atoms. The third-order valence-electron chi connectivity index (χ3n) is 2.88. The number of rotatable bonds is 6. The Hall–Kier alpha value is -2.01. The molecule has 6 heteroatoms. The Labute approximate surface area is 128 Å². The smallest absolute Gasteiger partial charge is 0.229 e. The summed E-state index contributed by atoms with van der Waals surface area (Å²) < 4.78 is 5.47. The number of H-pyrrole nitrogens is 1. The molecule has 2 rings (SSSR count). The molecule has 1 heterocycles. The summed E-state index contributed by atoms with van der Waals surface area (Å²) in [5.74, 6) is 1.39. The first-order valence-electron chi connectivity index (χ1n) is 6.78. The zero-order chi connectivity index (χ0) is 15.2. The normalized spacial score (nSPS) is 10.7. The Bertz CT molecular complexity index is 610. The van der Waals surface area contributed by atoms with Gasteiger partial charge in [-0.25, -0.2) is 0 Å². The Morgan fingerprint density at radius 1 is 1.43 bits per heavy atom. The fourth-order valence-corrected chi connectivity index (χ4v) is 1.90. The van der Waals surface area contributed by atoms with Gasteiger partial charge in [-0.05, 0) is 24.1 Å². The van der Waals surface area contributed by atoms with E-state index in [9.17, 15) is 4.79 Å². The third-order valence-corrected chi connectivity index (χ3v) is 3.12. The lowest BCUT2D eigenvalue weighted by Crippen LogP contribution is -2.15. The first-order chi connectivity index (χ1) is 10.0. The lowest BCUT2D eigenvalue weighted by atomic mass is 10.1. The summed E-state index contributed by atoms with van der Waals surface area (Å²) >= 11 is 5.85. The molecule has 0 radical (unpaired) electrons. The first-order valence-corrected chi connectivity index (χ1v) is 7.16. The number of amides is 1. The molecule has 112 valence electrons. The summed E-state index contributed by atoms with van der Waals surface area (Å²) in [4.78, 5) is 11.8. The van der Waals surface area contributed by atoms with Crippen molar-refractivity contribution in [3.8, 4) is 5.75 Å². The van der Waals surface area contributed by atoms with Crippen LogP contribution in [0.2, 0.25) is 5.02 Å². The van der Waals surface area contributed by atoms with Crippen LogP contribution in [0.25, 0.3) is 0 Å². The molecule has 0 saturated carbocycles. The quantitative estimate of drug-likeness (QED) is 0.857. The van der Waals surface area contributed by atoms with Crippen LogP contribution in [0, 0.1) is 0 Å². The summed E-state index contributed by atoms with van der Waals surface area (Å²) in [5, 5.41) is 10.3. The van der Waals surface area contributed by atoms with Gasteiger partial charge in [0.25, 0.3) is 0 Å². The molecule has 1 aromatic carbocycles. The number of ether oxygens (including phenoxy) is 1. The zero-order valence-electron chi connectivity index (χ0n) is 12.0. The molecule has 0 spiro atoms. The van der Waals surface area contributed by atoms with Gasteiger partial charge in [-0.1, -0.05) is 31.5 Å². The van der Waals surface area contributed by atoms with Gasteiger partial charge < -0.3 is 10.1 Å². The number of anilines is 1. The maximum absolute atomic E-state index is 11.8. The van der Waals surface area contributed by atoms with Gasteiger partial charge in [0.05, 0.1) is 13.0 Å². The fraction of sp³-hybridized carbons (Fsp3) is 0.333. The predicted octanol–water partition coefficient (Wildman–Crippen LogP) is 3.59. The van der Waals surface area contributed by atoms with E-state index >= 15 is 0 Å². The van der Waals surface area contributed by atoms with Gasteiger partial charge in [0, 0.05) is 16.8 Å². The summed E-state index contributed by atoms with van der Waals surface area (Å²) in [6.07, 6.45) is 0.246. The number of hydrogen-bond donors (Lipinski definition) is 2. The van der Waals surface area contributed by atoms with Crippen molar-refractivity contribution in [2.24, 2.45) is 0 Å². The van der Waals surface area contributed by atoms with Crippen molar-refractivity contribution in [2.75, 3.05) is 11.9 Å². The first kappa shape index (κ1) is 15.4. The van der Waals surface area contributed by atoms with Crippen LogP contribution in [0.3, 0.4) is 0 Å². The highest BCUT2D eigenvalue weighted by Gasteiger charge is 2.08. The van der Waals surface area contributed by atoms with E-state index in [-0.39, 0.29) is 18.9 Å². The molecule has 2 N–H and O–H groups in total. The molecule has 0 aliphatic carbocycles. The molecule has 21 heavy (non-hydrogen) atoms. The third kappa shape index (κ3) is 4.79. The van der Waals surface area contributed by atoms with E-state index in [0.717, 1.165) is 5.69 Å². The highest BCUT2D eigenvalue weighted by atomic mass is 35.5. The molecule has 0 saturated heterocycles. The second kappa shape index (κ2) is 7.13. The summed E-state index contributed by atoms with van der Waals surface area (Å²) in [7, 11) is 0. The average Bonchev–Trinajstić information content (AvgIpc) is 2.87. The average molecular weight is 308 g/mol. The Morgan fingerprint density at radius 3 is 2.90 bits per heavy atom. The van der Waals surface area contributed by atoms with Gasteiger partial charge in [0.2, 0.25) is 5.91 Å². The van der Waals surface area contributed by atoms with Gasteiger partial charge in [-0.2, -0.15) is 5.10 Å². The number of aromatic nitrogens is 2. The van der Waals surface area contributed by atoms with Gasteiger partial charge in [-0.15, -0.1) is 0 Å². The van der Waals surface area contributed by atoms with Crippen molar-refractivity contribution in [1.82, 2.24) is 10.2 Å². The standard InChI is InChI=1S/C15H18ClN3O2/c1-10(2)13-9-14(19-18-13)17-15(20)6-7-21-12-5-3-4-11(16)8-12/h3-5,8-10H,6-7H2,1-2H3,(H2,17,18,19,20). The second-order valence-electron chi connectivity index (χ2n) is 4.97. The lowest BCUT2D eigenvalue weighted by molar-refractivity contribution is -0.116. The lowest BCUT2D eigenvalue weighted by Gasteiger charge is -2.06. The Balaban J connectivity index is 1.77. The van der Waals surface area contributed by atoms with Crippen molar-refractivity contribution in [3.63, 3.8) is 0 Å². The van der Waals surface area contributed by atoms with Gasteiger partial charge in [-0.3, -0.25) is 9.89 Å². The number of nitrogens with one attached hydrogen (secondary N) is 2. The number of hydrogen-bond acceptors (Lipinski definition) is 3. The molecule has 2 aromatic rings. The van der Waals surface area contributed by atoms with Crippen molar-refractivity contribution >= 4 is 23.3 Å². The molecular formula is C15H18ClN3O2. The van der Waals surface area contributed by atoms with E-state index in [1.54, 1.807) is 24.3 Å². The molecule has 0 aliphatic rings. The van der Waals surface area contributed by atoms with Crippen LogP contribution in [-0.2, 0) is 4.79 Å². The van der Waals surface area contributed by atoms with Gasteiger partial charge in [0.1, 0.15) is 5.75 Å². The summed E-state index contributed by atoms with van der Waals surface area (Å²) in [6, 6.07) is 8.91. The van der Waals surface area contributed by atoms with Crippen LogP contribution in [0.15, 0.2) is 30.3 Å². The fourth-order valence-electron chi connectivity index (χ4n) is 1.72. The SMILES string of the molecule is CC(C)c1cc(NC(=O)CCOc2cccc(Cl)c2)n[nH]1. The van der Waals surface area contributed by atoms with Crippen molar-refractivity contribution < 1.29 is 9.53 Å². The maximum Gasteiger partial charge on any atom is 0.229 e. The largest absolute Gasteiger partial charge is 0.493 e. The van der Waals surface area contributed by atoms with E-state index in [0.29, 0.717) is 22.5 Å². The van der Waals surface area contributed by atoms with Gasteiger partial charge in [0.15, 0.2) is 5.82 Å². The van der Waals surface area contributed by atoms with E-state index in [4.69, 9.17) is 16.3 Å². The topological polar surface area (TPSA) is 67.0 Å². The van der Waals surface area contributed by atoms with Gasteiger partial charge >= 0.3 is 0 Å². The molecule has 0 fully saturated rings. The molecule has 0 unspecified atom stereocenters. The van der Waals surface area contributed by atoms with Crippen LogP contribution in [0.4, 0.5) is 5.82 Å². The van der Waals surface area contributed by atoms with Crippen LogP contribution >= 0.6 is 11.6 Å². The molecular weight excluding hydrogens is 290 g/mol. The van der Waals surface area contributed by atoms with Crippen LogP contribution in [0.5, 0.6) is 5.75 Å².